The van der Waals surface area contributed by atoms with E-state index in [2.05, 4.69) is 11.9 Å². The zero-order valence-electron chi connectivity index (χ0n) is 9.96. The van der Waals surface area contributed by atoms with Gasteiger partial charge in [-0.2, -0.15) is 0 Å². The van der Waals surface area contributed by atoms with Crippen molar-refractivity contribution in [2.24, 2.45) is 0 Å². The van der Waals surface area contributed by atoms with Crippen LogP contribution in [0, 0.1) is 0 Å². The van der Waals surface area contributed by atoms with Gasteiger partial charge in [-0.3, -0.25) is 4.79 Å². The molecule has 0 aliphatic rings. The lowest BCUT2D eigenvalue weighted by Gasteiger charge is -2.06. The van der Waals surface area contributed by atoms with Crippen molar-refractivity contribution in [1.82, 2.24) is 0 Å². The molecule has 0 atom stereocenters. The van der Waals surface area contributed by atoms with Crippen molar-refractivity contribution in [3.63, 3.8) is 0 Å². The first kappa shape index (κ1) is 13.7. The van der Waals surface area contributed by atoms with Crippen LogP contribution in [0.15, 0.2) is 49.1 Å². The smallest absolute Gasteiger partial charge is 0.340 e. The van der Waals surface area contributed by atoms with Gasteiger partial charge in [0, 0.05) is 0 Å². The lowest BCUT2D eigenvalue weighted by molar-refractivity contribution is -0.105. The van der Waals surface area contributed by atoms with Crippen LogP contribution in [-0.4, -0.2) is 19.0 Å². The number of hydrogen-bond donors (Lipinski definition) is 1. The lowest BCUT2D eigenvalue weighted by Crippen LogP contribution is -2.09. The quantitative estimate of drug-likeness (QED) is 0.456. The summed E-state index contributed by atoms with van der Waals surface area (Å²) >= 11 is 0. The predicted octanol–water partition coefficient (Wildman–Crippen LogP) is 2.54. The molecule has 1 rings (SSSR count). The fourth-order valence-electron chi connectivity index (χ4n) is 1.31. The Bertz CT molecular complexity index is 452. The first-order valence-corrected chi connectivity index (χ1v) is 5.51. The van der Waals surface area contributed by atoms with Gasteiger partial charge >= 0.3 is 5.97 Å². The van der Waals surface area contributed by atoms with E-state index in [1.807, 2.05) is 6.08 Å². The maximum atomic E-state index is 11.7. The normalized spacial score (nSPS) is 10.0. The molecule has 1 aromatic rings. The van der Waals surface area contributed by atoms with Gasteiger partial charge in [-0.1, -0.05) is 30.4 Å². The Morgan fingerprint density at radius 2 is 2.11 bits per heavy atom. The zero-order valence-corrected chi connectivity index (χ0v) is 9.96. The fourth-order valence-corrected chi connectivity index (χ4v) is 1.31. The highest BCUT2D eigenvalue weighted by molar-refractivity contribution is 5.97. The van der Waals surface area contributed by atoms with Crippen LogP contribution < -0.4 is 5.32 Å². The number of amides is 1. The molecule has 1 aromatic carbocycles. The summed E-state index contributed by atoms with van der Waals surface area (Å²) in [6, 6.07) is 6.67. The molecule has 1 N–H and O–H groups in total. The molecule has 0 radical (unpaired) electrons. The first-order chi connectivity index (χ1) is 8.79. The zero-order chi connectivity index (χ0) is 13.2. The molecule has 0 unspecified atom stereocenters. The van der Waals surface area contributed by atoms with Crippen molar-refractivity contribution in [3.8, 4) is 0 Å². The molecule has 4 heteroatoms. The van der Waals surface area contributed by atoms with Crippen molar-refractivity contribution < 1.29 is 14.3 Å². The lowest BCUT2D eigenvalue weighted by atomic mass is 10.2. The fraction of sp³-hybridized carbons (Fsp3) is 0.143. The van der Waals surface area contributed by atoms with Crippen LogP contribution in [0.1, 0.15) is 16.8 Å². The second-order valence-corrected chi connectivity index (χ2v) is 3.40. The number of benzene rings is 1. The highest BCUT2D eigenvalue weighted by atomic mass is 16.5. The number of hydrogen-bond acceptors (Lipinski definition) is 3. The predicted molar refractivity (Wildman–Crippen MR) is 70.4 cm³/mol. The molecule has 0 aliphatic heterocycles. The summed E-state index contributed by atoms with van der Waals surface area (Å²) in [5.41, 5.74) is 0.772. The average molecular weight is 245 g/mol. The van der Waals surface area contributed by atoms with Crippen LogP contribution in [-0.2, 0) is 9.53 Å². The van der Waals surface area contributed by atoms with E-state index < -0.39 is 5.97 Å². The molecular weight excluding hydrogens is 230 g/mol. The van der Waals surface area contributed by atoms with Gasteiger partial charge in [0.1, 0.15) is 6.61 Å². The van der Waals surface area contributed by atoms with E-state index in [4.69, 9.17) is 4.74 Å². The number of carbonyl (C=O) groups excluding carboxylic acids is 2. The highest BCUT2D eigenvalue weighted by Gasteiger charge is 2.10. The molecule has 0 spiro atoms. The molecule has 1 amide bonds. The van der Waals surface area contributed by atoms with Crippen molar-refractivity contribution in [2.45, 2.75) is 6.42 Å². The van der Waals surface area contributed by atoms with E-state index in [9.17, 15) is 9.59 Å². The molecule has 0 saturated heterocycles. The molecule has 0 saturated carbocycles. The number of nitrogens with one attached hydrogen (secondary N) is 1. The molecule has 0 fully saturated rings. The Morgan fingerprint density at radius 3 is 2.83 bits per heavy atom. The van der Waals surface area contributed by atoms with E-state index in [-0.39, 0.29) is 6.61 Å². The van der Waals surface area contributed by atoms with E-state index in [0.29, 0.717) is 17.7 Å². The van der Waals surface area contributed by atoms with E-state index in [0.717, 1.165) is 6.42 Å². The third kappa shape index (κ3) is 4.25. The summed E-state index contributed by atoms with van der Waals surface area (Å²) in [6.45, 7) is 3.77. The van der Waals surface area contributed by atoms with E-state index >= 15 is 0 Å². The summed E-state index contributed by atoms with van der Waals surface area (Å²) < 4.78 is 5.05. The minimum absolute atomic E-state index is 0.197. The van der Waals surface area contributed by atoms with Crippen LogP contribution >= 0.6 is 0 Å². The van der Waals surface area contributed by atoms with Gasteiger partial charge < -0.3 is 10.1 Å². The molecule has 0 heterocycles. The van der Waals surface area contributed by atoms with Gasteiger partial charge in [0.05, 0.1) is 11.3 Å². The molecule has 4 nitrogen and oxygen atoms in total. The van der Waals surface area contributed by atoms with Gasteiger partial charge in [-0.25, -0.2) is 4.79 Å². The Kier molecular flexibility index (Phi) is 5.97. The second kappa shape index (κ2) is 7.84. The third-order valence-corrected chi connectivity index (χ3v) is 2.14. The Balaban J connectivity index is 2.60. The monoisotopic (exact) mass is 245 g/mol. The Labute approximate surface area is 106 Å². The van der Waals surface area contributed by atoms with Crippen LogP contribution in [0.3, 0.4) is 0 Å². The minimum Gasteiger partial charge on any atom is -0.458 e. The molecule has 0 aromatic heterocycles. The number of esters is 1. The van der Waals surface area contributed by atoms with Crippen molar-refractivity contribution >= 4 is 18.1 Å². The van der Waals surface area contributed by atoms with Crippen molar-refractivity contribution in [1.29, 1.82) is 0 Å². The van der Waals surface area contributed by atoms with Crippen LogP contribution in [0.4, 0.5) is 5.69 Å². The number of para-hydroxylation sites is 1. The summed E-state index contributed by atoms with van der Waals surface area (Å²) in [4.78, 5) is 22.1. The van der Waals surface area contributed by atoms with E-state index in [1.165, 1.54) is 0 Å². The maximum absolute atomic E-state index is 11.7. The number of ether oxygens (including phenoxy) is 1. The number of carbonyl (C=O) groups is 2. The van der Waals surface area contributed by atoms with Gasteiger partial charge in [-0.15, -0.1) is 6.58 Å². The van der Waals surface area contributed by atoms with Crippen LogP contribution in [0.5, 0.6) is 0 Å². The summed E-state index contributed by atoms with van der Waals surface area (Å²) in [6.07, 6.45) is 6.61. The molecular formula is C14H15NO3. The topological polar surface area (TPSA) is 55.4 Å². The van der Waals surface area contributed by atoms with Crippen LogP contribution in [0.25, 0.3) is 0 Å². The Hall–Kier alpha value is -2.36. The molecule has 94 valence electrons. The van der Waals surface area contributed by atoms with Gasteiger partial charge in [0.25, 0.3) is 0 Å². The van der Waals surface area contributed by atoms with Gasteiger partial charge in [0.2, 0.25) is 6.41 Å². The Morgan fingerprint density at radius 1 is 1.33 bits per heavy atom. The SMILES string of the molecule is C=CC/C=C/COC(=O)c1ccccc1NC=O. The molecule has 18 heavy (non-hydrogen) atoms. The van der Waals surface area contributed by atoms with Crippen LogP contribution in [0.2, 0.25) is 0 Å². The summed E-state index contributed by atoms with van der Waals surface area (Å²) in [5.74, 6) is -0.469. The molecule has 0 aliphatic carbocycles. The first-order valence-electron chi connectivity index (χ1n) is 5.51. The highest BCUT2D eigenvalue weighted by Crippen LogP contribution is 2.15. The standard InChI is InChI=1S/C14H15NO3/c1-2-3-4-7-10-18-14(17)12-8-5-6-9-13(12)15-11-16/h2,4-9,11H,1,3,10H2,(H,15,16)/b7-4+. The molecule has 0 bridgehead atoms. The summed E-state index contributed by atoms with van der Waals surface area (Å²) in [5, 5.41) is 2.46. The average Bonchev–Trinajstić information content (AvgIpc) is 2.39. The maximum Gasteiger partial charge on any atom is 0.340 e. The van der Waals surface area contributed by atoms with Gasteiger partial charge in [-0.05, 0) is 18.6 Å². The van der Waals surface area contributed by atoms with E-state index in [1.54, 1.807) is 36.4 Å². The van der Waals surface area contributed by atoms with Gasteiger partial charge in [0.15, 0.2) is 0 Å². The second-order valence-electron chi connectivity index (χ2n) is 3.40. The van der Waals surface area contributed by atoms with Crippen molar-refractivity contribution in [3.05, 3.63) is 54.6 Å². The minimum atomic E-state index is -0.469. The largest absolute Gasteiger partial charge is 0.458 e. The number of allylic oxidation sites excluding steroid dienone is 2. The van der Waals surface area contributed by atoms with Crippen molar-refractivity contribution in [2.75, 3.05) is 11.9 Å². The third-order valence-electron chi connectivity index (χ3n) is 2.14. The number of anilines is 1. The number of rotatable bonds is 7. The summed E-state index contributed by atoms with van der Waals surface area (Å²) in [7, 11) is 0.